The van der Waals surface area contributed by atoms with E-state index in [4.69, 9.17) is 9.47 Å². The molecule has 0 N–H and O–H groups in total. The van der Waals surface area contributed by atoms with Gasteiger partial charge in [0.15, 0.2) is 0 Å². The molecule has 1 rings (SSSR count). The Morgan fingerprint density at radius 3 is 1.83 bits per heavy atom. The number of hydrogen-bond donors (Lipinski definition) is 0. The van der Waals surface area contributed by atoms with Crippen LogP contribution in [0.4, 0.5) is 0 Å². The Morgan fingerprint density at radius 2 is 1.33 bits per heavy atom. The fourth-order valence-corrected chi connectivity index (χ4v) is 2.49. The van der Waals surface area contributed by atoms with E-state index in [9.17, 15) is 0 Å². The zero-order chi connectivity index (χ0) is 12.9. The van der Waals surface area contributed by atoms with Crippen molar-refractivity contribution in [3.63, 3.8) is 0 Å². The Kier molecular flexibility index (Phi) is 11.4. The van der Waals surface area contributed by atoms with E-state index in [1.165, 1.54) is 69.5 Å². The van der Waals surface area contributed by atoms with E-state index >= 15 is 0 Å². The van der Waals surface area contributed by atoms with Crippen molar-refractivity contribution in [1.82, 2.24) is 0 Å². The molecule has 0 radical (unpaired) electrons. The van der Waals surface area contributed by atoms with Crippen molar-refractivity contribution in [2.45, 2.75) is 70.3 Å². The fraction of sp³-hybridized carbons (Fsp3) is 1.00. The Hall–Kier alpha value is 0.400. The summed E-state index contributed by atoms with van der Waals surface area (Å²) in [7, 11) is 0. The van der Waals surface area contributed by atoms with Gasteiger partial charge in [-0.05, 0) is 12.8 Å². The zero-order valence-electron chi connectivity index (χ0n) is 11.7. The van der Waals surface area contributed by atoms with Gasteiger partial charge in [-0.15, -0.1) is 0 Å². The normalized spacial score (nSPS) is 18.2. The van der Waals surface area contributed by atoms with Crippen molar-refractivity contribution in [3.8, 4) is 0 Å². The minimum Gasteiger partial charge on any atom is -0.379 e. The van der Waals surface area contributed by atoms with Gasteiger partial charge in [0.2, 0.25) is 0 Å². The van der Waals surface area contributed by atoms with Gasteiger partial charge in [-0.25, -0.2) is 0 Å². The highest BCUT2D eigenvalue weighted by Gasteiger charge is 2.21. The van der Waals surface area contributed by atoms with Gasteiger partial charge in [-0.3, -0.25) is 0 Å². The van der Waals surface area contributed by atoms with Crippen LogP contribution in [0.5, 0.6) is 0 Å². The summed E-state index contributed by atoms with van der Waals surface area (Å²) in [6.07, 6.45) is 14.2. The van der Waals surface area contributed by atoms with Gasteiger partial charge in [0, 0.05) is 11.9 Å². The highest BCUT2D eigenvalue weighted by Crippen LogP contribution is 2.12. The van der Waals surface area contributed by atoms with Crippen LogP contribution in [0.1, 0.15) is 64.2 Å². The molecule has 0 saturated carbocycles. The molecule has 1 atom stereocenters. The number of rotatable bonds is 14. The van der Waals surface area contributed by atoms with Crippen LogP contribution in [0.25, 0.3) is 0 Å². The highest BCUT2D eigenvalue weighted by molar-refractivity contribution is 9.09. The molecule has 1 unspecified atom stereocenters. The second-order valence-corrected chi connectivity index (χ2v) is 6.05. The molecule has 0 amide bonds. The van der Waals surface area contributed by atoms with E-state index in [0.29, 0.717) is 6.10 Å². The number of ether oxygens (including phenoxy) is 2. The van der Waals surface area contributed by atoms with E-state index in [0.717, 1.165) is 19.8 Å². The molecule has 0 spiro atoms. The minimum atomic E-state index is 0.426. The predicted octanol–water partition coefficient (Wildman–Crippen LogP) is 4.70. The monoisotopic (exact) mass is 320 g/mol. The molecule has 1 fully saturated rings. The summed E-state index contributed by atoms with van der Waals surface area (Å²) in [5.41, 5.74) is 0. The summed E-state index contributed by atoms with van der Waals surface area (Å²) in [6, 6.07) is 0. The first-order valence-electron chi connectivity index (χ1n) is 7.69. The predicted molar refractivity (Wildman–Crippen MR) is 80.5 cm³/mol. The third kappa shape index (κ3) is 11.5. The summed E-state index contributed by atoms with van der Waals surface area (Å²) in [4.78, 5) is 0. The van der Waals surface area contributed by atoms with Crippen molar-refractivity contribution in [1.29, 1.82) is 0 Å². The highest BCUT2D eigenvalue weighted by atomic mass is 79.9. The lowest BCUT2D eigenvalue weighted by molar-refractivity contribution is 0.113. The maximum absolute atomic E-state index is 5.51. The quantitative estimate of drug-likeness (QED) is 0.263. The number of halogens is 1. The van der Waals surface area contributed by atoms with Crippen LogP contribution in [-0.2, 0) is 9.47 Å². The fourth-order valence-electron chi connectivity index (χ4n) is 2.09. The number of unbranched alkanes of at least 4 members (excludes halogenated alkanes) is 9. The molecular weight excluding hydrogens is 292 g/mol. The molecule has 3 heteroatoms. The smallest absolute Gasteiger partial charge is 0.104 e. The summed E-state index contributed by atoms with van der Waals surface area (Å²) in [5.74, 6) is 0. The van der Waals surface area contributed by atoms with Gasteiger partial charge in [0.1, 0.15) is 6.10 Å². The lowest BCUT2D eigenvalue weighted by atomic mass is 10.1. The standard InChI is InChI=1S/C15H29BrO2/c16-11-9-7-5-3-1-2-4-6-8-10-12-17-13-15-14-18-15/h15H,1-14H2. The number of alkyl halides is 1. The molecule has 0 bridgehead atoms. The van der Waals surface area contributed by atoms with E-state index in [-0.39, 0.29) is 0 Å². The van der Waals surface area contributed by atoms with Gasteiger partial charge in [-0.2, -0.15) is 0 Å². The molecule has 0 aliphatic carbocycles. The van der Waals surface area contributed by atoms with Crippen LogP contribution in [0.2, 0.25) is 0 Å². The topological polar surface area (TPSA) is 21.8 Å². The first kappa shape index (κ1) is 16.5. The van der Waals surface area contributed by atoms with Crippen LogP contribution in [0.15, 0.2) is 0 Å². The number of epoxide rings is 1. The van der Waals surface area contributed by atoms with E-state index in [1.54, 1.807) is 0 Å². The van der Waals surface area contributed by atoms with E-state index in [2.05, 4.69) is 15.9 Å². The van der Waals surface area contributed by atoms with Crippen LogP contribution in [0.3, 0.4) is 0 Å². The van der Waals surface area contributed by atoms with Gasteiger partial charge < -0.3 is 9.47 Å². The van der Waals surface area contributed by atoms with Crippen molar-refractivity contribution in [2.75, 3.05) is 25.2 Å². The van der Waals surface area contributed by atoms with Crippen molar-refractivity contribution < 1.29 is 9.47 Å². The second-order valence-electron chi connectivity index (χ2n) is 5.25. The van der Waals surface area contributed by atoms with Gasteiger partial charge in [0.05, 0.1) is 13.2 Å². The van der Waals surface area contributed by atoms with Crippen LogP contribution >= 0.6 is 15.9 Å². The summed E-state index contributed by atoms with van der Waals surface area (Å²) < 4.78 is 10.6. The van der Waals surface area contributed by atoms with Gasteiger partial charge >= 0.3 is 0 Å². The largest absolute Gasteiger partial charge is 0.379 e. The lowest BCUT2D eigenvalue weighted by Gasteiger charge is -2.03. The first-order chi connectivity index (χ1) is 8.93. The summed E-state index contributed by atoms with van der Waals surface area (Å²) in [6.45, 7) is 2.65. The molecule has 1 heterocycles. The molecule has 1 saturated heterocycles. The van der Waals surface area contributed by atoms with E-state index in [1.807, 2.05) is 0 Å². The minimum absolute atomic E-state index is 0.426. The molecule has 0 aromatic rings. The van der Waals surface area contributed by atoms with Crippen LogP contribution in [0, 0.1) is 0 Å². The average molecular weight is 321 g/mol. The maximum Gasteiger partial charge on any atom is 0.104 e. The van der Waals surface area contributed by atoms with Crippen LogP contribution < -0.4 is 0 Å². The molecule has 0 aromatic heterocycles. The molecule has 1 aliphatic heterocycles. The summed E-state index contributed by atoms with van der Waals surface area (Å²) >= 11 is 3.47. The number of hydrogen-bond acceptors (Lipinski definition) is 2. The second kappa shape index (κ2) is 12.4. The molecular formula is C15H29BrO2. The third-order valence-electron chi connectivity index (χ3n) is 3.38. The maximum atomic E-state index is 5.51. The van der Waals surface area contributed by atoms with Crippen LogP contribution in [-0.4, -0.2) is 31.3 Å². The van der Waals surface area contributed by atoms with Crippen molar-refractivity contribution in [3.05, 3.63) is 0 Å². The Bertz CT molecular complexity index is 172. The first-order valence-corrected chi connectivity index (χ1v) is 8.81. The molecule has 108 valence electrons. The van der Waals surface area contributed by atoms with Gasteiger partial charge in [-0.1, -0.05) is 67.3 Å². The van der Waals surface area contributed by atoms with Gasteiger partial charge in [0.25, 0.3) is 0 Å². The molecule has 2 nitrogen and oxygen atoms in total. The van der Waals surface area contributed by atoms with Crippen molar-refractivity contribution in [2.24, 2.45) is 0 Å². The average Bonchev–Trinajstić information content (AvgIpc) is 3.19. The SMILES string of the molecule is BrCCCCCCCCCCCCOCC1CO1. The Balaban J connectivity index is 1.60. The molecule has 18 heavy (non-hydrogen) atoms. The lowest BCUT2D eigenvalue weighted by Crippen LogP contribution is -2.02. The Labute approximate surface area is 121 Å². The Morgan fingerprint density at radius 1 is 0.833 bits per heavy atom. The molecule has 1 aliphatic rings. The third-order valence-corrected chi connectivity index (χ3v) is 3.94. The summed E-state index contributed by atoms with van der Waals surface area (Å²) in [5, 5.41) is 1.17. The zero-order valence-corrected chi connectivity index (χ0v) is 13.3. The van der Waals surface area contributed by atoms with Crippen molar-refractivity contribution >= 4 is 15.9 Å². The van der Waals surface area contributed by atoms with E-state index < -0.39 is 0 Å². The molecule has 0 aromatic carbocycles.